The van der Waals surface area contributed by atoms with Crippen LogP contribution in [-0.4, -0.2) is 46.7 Å². The van der Waals surface area contributed by atoms with Crippen LogP contribution in [0.1, 0.15) is 5.56 Å². The minimum atomic E-state index is -1.07. The van der Waals surface area contributed by atoms with E-state index in [0.29, 0.717) is 6.54 Å². The minimum Gasteiger partial charge on any atom is -0.479 e. The van der Waals surface area contributed by atoms with Gasteiger partial charge < -0.3 is 9.84 Å². The van der Waals surface area contributed by atoms with Gasteiger partial charge in [-0.2, -0.15) is 4.39 Å². The molecule has 1 aliphatic heterocycles. The van der Waals surface area contributed by atoms with Gasteiger partial charge in [0.15, 0.2) is 6.10 Å². The zero-order valence-corrected chi connectivity index (χ0v) is 10.5. The van der Waals surface area contributed by atoms with Crippen LogP contribution >= 0.6 is 0 Å². The van der Waals surface area contributed by atoms with Crippen LogP contribution in [0.15, 0.2) is 18.2 Å². The summed E-state index contributed by atoms with van der Waals surface area (Å²) >= 11 is 0. The van der Waals surface area contributed by atoms with Crippen LogP contribution in [0.25, 0.3) is 0 Å². The first kappa shape index (κ1) is 14.4. The molecule has 0 aromatic heterocycles. The lowest BCUT2D eigenvalue weighted by Crippen LogP contribution is -2.45. The Morgan fingerprint density at radius 2 is 2.35 bits per heavy atom. The Hall–Kier alpha value is -2.06. The Labute approximate surface area is 113 Å². The fourth-order valence-electron chi connectivity index (χ4n) is 2.07. The lowest BCUT2D eigenvalue weighted by Gasteiger charge is -2.30. The number of carboxylic acids is 1. The summed E-state index contributed by atoms with van der Waals surface area (Å²) in [5.74, 6) is -1.95. The summed E-state index contributed by atoms with van der Waals surface area (Å²) in [7, 11) is 0. The average molecular weight is 284 g/mol. The molecule has 108 valence electrons. The molecule has 0 aliphatic carbocycles. The molecular formula is C12H13FN2O5. The van der Waals surface area contributed by atoms with Gasteiger partial charge in [0.05, 0.1) is 11.5 Å². The number of nitro benzene ring substituents is 1. The molecule has 1 heterocycles. The minimum absolute atomic E-state index is 0.112. The molecule has 1 saturated heterocycles. The number of hydrogen-bond donors (Lipinski definition) is 1. The average Bonchev–Trinajstić information content (AvgIpc) is 2.41. The second-order valence-electron chi connectivity index (χ2n) is 4.44. The van der Waals surface area contributed by atoms with Crippen molar-refractivity contribution in [1.82, 2.24) is 4.90 Å². The van der Waals surface area contributed by atoms with Crippen molar-refractivity contribution in [1.29, 1.82) is 0 Å². The summed E-state index contributed by atoms with van der Waals surface area (Å²) in [5.41, 5.74) is -0.407. The number of nitrogens with zero attached hydrogens (tertiary/aromatic N) is 2. The maximum atomic E-state index is 13.9. The van der Waals surface area contributed by atoms with Crippen LogP contribution in [0, 0.1) is 15.9 Å². The first-order chi connectivity index (χ1) is 9.49. The molecule has 7 nitrogen and oxygen atoms in total. The molecule has 1 N–H and O–H groups in total. The summed E-state index contributed by atoms with van der Waals surface area (Å²) in [4.78, 5) is 22.4. The third kappa shape index (κ3) is 3.09. The fraction of sp³-hybridized carbons (Fsp3) is 0.417. The van der Waals surface area contributed by atoms with Crippen molar-refractivity contribution in [2.75, 3.05) is 19.7 Å². The van der Waals surface area contributed by atoms with Gasteiger partial charge in [0.1, 0.15) is 0 Å². The Morgan fingerprint density at radius 1 is 1.60 bits per heavy atom. The van der Waals surface area contributed by atoms with Crippen LogP contribution in [-0.2, 0) is 16.1 Å². The van der Waals surface area contributed by atoms with Crippen LogP contribution in [0.5, 0.6) is 0 Å². The van der Waals surface area contributed by atoms with Crippen molar-refractivity contribution < 1.29 is 24.0 Å². The van der Waals surface area contributed by atoms with Gasteiger partial charge in [0, 0.05) is 31.3 Å². The normalized spacial score (nSPS) is 19.8. The van der Waals surface area contributed by atoms with Crippen LogP contribution < -0.4 is 0 Å². The molecule has 20 heavy (non-hydrogen) atoms. The summed E-state index contributed by atoms with van der Waals surface area (Å²) in [5, 5.41) is 19.5. The van der Waals surface area contributed by atoms with Gasteiger partial charge in [-0.15, -0.1) is 0 Å². The third-order valence-corrected chi connectivity index (χ3v) is 3.07. The summed E-state index contributed by atoms with van der Waals surface area (Å²) in [6.07, 6.45) is -0.953. The molecule has 1 aliphatic rings. The van der Waals surface area contributed by atoms with Gasteiger partial charge >= 0.3 is 11.7 Å². The number of aliphatic carboxylic acids is 1. The number of carboxylic acid groups (broad SMARTS) is 1. The smallest absolute Gasteiger partial charge is 0.334 e. The largest absolute Gasteiger partial charge is 0.479 e. The zero-order valence-electron chi connectivity index (χ0n) is 10.5. The molecular weight excluding hydrogens is 271 g/mol. The Morgan fingerprint density at radius 3 is 3.00 bits per heavy atom. The number of benzene rings is 1. The summed E-state index contributed by atoms with van der Waals surface area (Å²) in [6.45, 7) is 0.914. The Balaban J connectivity index is 2.12. The van der Waals surface area contributed by atoms with E-state index in [0.717, 1.165) is 6.07 Å². The van der Waals surface area contributed by atoms with E-state index in [2.05, 4.69) is 0 Å². The highest BCUT2D eigenvalue weighted by Crippen LogP contribution is 2.22. The highest BCUT2D eigenvalue weighted by atomic mass is 19.1. The quantitative estimate of drug-likeness (QED) is 0.655. The molecule has 0 amide bonds. The molecule has 1 atom stereocenters. The monoisotopic (exact) mass is 284 g/mol. The van der Waals surface area contributed by atoms with Crippen LogP contribution in [0.3, 0.4) is 0 Å². The van der Waals surface area contributed by atoms with Crippen molar-refractivity contribution >= 4 is 11.7 Å². The molecule has 1 aromatic rings. The summed E-state index contributed by atoms with van der Waals surface area (Å²) in [6, 6.07) is 3.96. The number of morpholine rings is 1. The Bertz CT molecular complexity index is 537. The van der Waals surface area contributed by atoms with Crippen molar-refractivity contribution in [3.05, 3.63) is 39.7 Å². The molecule has 1 fully saturated rings. The van der Waals surface area contributed by atoms with E-state index in [1.165, 1.54) is 12.1 Å². The predicted molar refractivity (Wildman–Crippen MR) is 65.7 cm³/mol. The third-order valence-electron chi connectivity index (χ3n) is 3.07. The maximum Gasteiger partial charge on any atom is 0.334 e. The van der Waals surface area contributed by atoms with Crippen LogP contribution in [0.2, 0.25) is 0 Å². The number of nitro groups is 1. The van der Waals surface area contributed by atoms with Crippen molar-refractivity contribution in [3.8, 4) is 0 Å². The van der Waals surface area contributed by atoms with Gasteiger partial charge in [-0.25, -0.2) is 4.79 Å². The van der Waals surface area contributed by atoms with Crippen molar-refractivity contribution in [3.63, 3.8) is 0 Å². The molecule has 2 rings (SSSR count). The molecule has 8 heteroatoms. The van der Waals surface area contributed by atoms with E-state index in [9.17, 15) is 19.3 Å². The van der Waals surface area contributed by atoms with Crippen molar-refractivity contribution in [2.24, 2.45) is 0 Å². The fourth-order valence-corrected chi connectivity index (χ4v) is 2.07. The zero-order chi connectivity index (χ0) is 14.7. The first-order valence-corrected chi connectivity index (χ1v) is 5.97. The van der Waals surface area contributed by atoms with Gasteiger partial charge in [-0.3, -0.25) is 15.0 Å². The maximum absolute atomic E-state index is 13.9. The molecule has 0 spiro atoms. The number of halogens is 1. The lowest BCUT2D eigenvalue weighted by molar-refractivity contribution is -0.387. The molecule has 1 unspecified atom stereocenters. The van der Waals surface area contributed by atoms with E-state index >= 15 is 0 Å². The highest BCUT2D eigenvalue weighted by molar-refractivity contribution is 5.72. The van der Waals surface area contributed by atoms with E-state index < -0.39 is 28.5 Å². The topological polar surface area (TPSA) is 92.9 Å². The number of ether oxygens (including phenoxy) is 1. The summed E-state index contributed by atoms with van der Waals surface area (Å²) < 4.78 is 19.0. The second-order valence-corrected chi connectivity index (χ2v) is 4.44. The van der Waals surface area contributed by atoms with E-state index in [1.54, 1.807) is 4.90 Å². The molecule has 1 aromatic carbocycles. The van der Waals surface area contributed by atoms with E-state index in [4.69, 9.17) is 9.84 Å². The molecule has 0 radical (unpaired) electrons. The first-order valence-electron chi connectivity index (χ1n) is 5.97. The number of hydrogen-bond acceptors (Lipinski definition) is 5. The highest BCUT2D eigenvalue weighted by Gasteiger charge is 2.27. The number of rotatable bonds is 4. The molecule has 0 bridgehead atoms. The molecule has 0 saturated carbocycles. The van der Waals surface area contributed by atoms with Gasteiger partial charge in [-0.1, -0.05) is 12.1 Å². The van der Waals surface area contributed by atoms with Gasteiger partial charge in [-0.05, 0) is 0 Å². The van der Waals surface area contributed by atoms with Gasteiger partial charge in [0.25, 0.3) is 0 Å². The standard InChI is InChI=1S/C12H13FN2O5/c13-11-8(2-1-3-9(11)15(18)19)6-14-4-5-20-10(7-14)12(16)17/h1-3,10H,4-7H2,(H,16,17). The predicted octanol–water partition coefficient (Wildman–Crippen LogP) is 1.02. The van der Waals surface area contributed by atoms with E-state index in [-0.39, 0.29) is 25.3 Å². The second kappa shape index (κ2) is 5.93. The van der Waals surface area contributed by atoms with E-state index in [1.807, 2.05) is 0 Å². The van der Waals surface area contributed by atoms with Crippen molar-refractivity contribution in [2.45, 2.75) is 12.6 Å². The Kier molecular flexibility index (Phi) is 4.26. The SMILES string of the molecule is O=C(O)C1CN(Cc2cccc([N+](=O)[O-])c2F)CCO1. The van der Waals surface area contributed by atoms with Gasteiger partial charge in [0.2, 0.25) is 5.82 Å². The van der Waals surface area contributed by atoms with Crippen LogP contribution in [0.4, 0.5) is 10.1 Å². The lowest BCUT2D eigenvalue weighted by atomic mass is 10.1. The number of carbonyl (C=O) groups is 1.